The van der Waals surface area contributed by atoms with Crippen LogP contribution in [0.4, 0.5) is 0 Å². The normalized spacial score (nSPS) is 42.7. The molecule has 0 amide bonds. The Hall–Kier alpha value is -0.243. The van der Waals surface area contributed by atoms with E-state index in [0.29, 0.717) is 10.8 Å². The molecule has 4 rings (SSSR count). The zero-order chi connectivity index (χ0) is 23.3. The zero-order valence-corrected chi connectivity index (χ0v) is 23.8. The minimum absolute atomic E-state index is 0.525. The Kier molecular flexibility index (Phi) is 7.06. The van der Waals surface area contributed by atoms with E-state index in [-0.39, 0.29) is 0 Å². The average Bonchev–Trinajstić information content (AvgIpc) is 3.04. The monoisotopic (exact) mass is 458 g/mol. The van der Waals surface area contributed by atoms with Crippen molar-refractivity contribution in [1.82, 2.24) is 0 Å². The third kappa shape index (κ3) is 4.65. The van der Waals surface area contributed by atoms with Crippen molar-refractivity contribution >= 4 is 8.32 Å². The number of rotatable bonds is 7. The van der Waals surface area contributed by atoms with Gasteiger partial charge in [-0.05, 0) is 123 Å². The van der Waals surface area contributed by atoms with Gasteiger partial charge in [-0.25, -0.2) is 0 Å². The largest absolute Gasteiger partial charge is 0.548 e. The summed E-state index contributed by atoms with van der Waals surface area (Å²) in [5.41, 5.74) is 1.15. The molecule has 184 valence electrons. The predicted molar refractivity (Wildman–Crippen MR) is 141 cm³/mol. The van der Waals surface area contributed by atoms with Crippen molar-refractivity contribution in [3.63, 3.8) is 0 Å². The van der Waals surface area contributed by atoms with Gasteiger partial charge in [-0.1, -0.05) is 53.9 Å². The summed E-state index contributed by atoms with van der Waals surface area (Å²) in [6.45, 7) is 19.8. The maximum atomic E-state index is 6.48. The Balaban J connectivity index is 1.45. The highest BCUT2D eigenvalue weighted by Gasteiger charge is 2.60. The lowest BCUT2D eigenvalue weighted by Gasteiger charge is -2.60. The first-order chi connectivity index (χ1) is 14.9. The molecule has 0 aromatic heterocycles. The van der Waals surface area contributed by atoms with Crippen LogP contribution in [-0.2, 0) is 4.43 Å². The highest BCUT2D eigenvalue weighted by molar-refractivity contribution is 6.70. The summed E-state index contributed by atoms with van der Waals surface area (Å²) in [6.07, 6.45) is 18.3. The summed E-state index contributed by atoms with van der Waals surface area (Å²) in [7, 11) is -1.49. The van der Waals surface area contributed by atoms with Gasteiger partial charge in [-0.15, -0.1) is 0 Å². The van der Waals surface area contributed by atoms with Gasteiger partial charge in [0.1, 0.15) is 0 Å². The van der Waals surface area contributed by atoms with Crippen LogP contribution in [0.5, 0.6) is 0 Å². The summed E-state index contributed by atoms with van der Waals surface area (Å²) in [6, 6.07) is 0. The van der Waals surface area contributed by atoms with Gasteiger partial charge in [0.25, 0.3) is 0 Å². The van der Waals surface area contributed by atoms with Gasteiger partial charge < -0.3 is 4.43 Å². The van der Waals surface area contributed by atoms with E-state index in [1.54, 1.807) is 0 Å². The summed E-state index contributed by atoms with van der Waals surface area (Å²) >= 11 is 0. The van der Waals surface area contributed by atoms with E-state index in [9.17, 15) is 0 Å². The second kappa shape index (κ2) is 9.08. The molecule has 0 N–H and O–H groups in total. The van der Waals surface area contributed by atoms with Gasteiger partial charge in [-0.3, -0.25) is 0 Å². The zero-order valence-electron chi connectivity index (χ0n) is 22.8. The molecule has 0 radical (unpaired) electrons. The van der Waals surface area contributed by atoms with Crippen molar-refractivity contribution < 1.29 is 4.43 Å². The van der Waals surface area contributed by atoms with Crippen LogP contribution in [0.2, 0.25) is 19.6 Å². The summed E-state index contributed by atoms with van der Waals surface area (Å²) < 4.78 is 6.48. The van der Waals surface area contributed by atoms with Crippen LogP contribution in [0.3, 0.4) is 0 Å². The molecule has 4 aliphatic carbocycles. The molecule has 0 aromatic carbocycles. The van der Waals surface area contributed by atoms with Crippen LogP contribution in [0.15, 0.2) is 11.8 Å². The van der Waals surface area contributed by atoms with Crippen LogP contribution >= 0.6 is 0 Å². The maximum absolute atomic E-state index is 6.48. The Labute approximate surface area is 201 Å². The SMILES string of the molecule is CC(C)CCC[C@@H](C)[C@H]1CC[C@H]2[C@@H]3CC[C@H]4CC(O[Si](C)(C)C)=CC[C@]4(C)[C@H]3CC[C@]12C. The van der Waals surface area contributed by atoms with E-state index < -0.39 is 8.32 Å². The van der Waals surface area contributed by atoms with Gasteiger partial charge in [0.2, 0.25) is 8.32 Å². The molecule has 0 unspecified atom stereocenters. The quantitative estimate of drug-likeness (QED) is 0.345. The lowest BCUT2D eigenvalue weighted by Crippen LogP contribution is -2.53. The summed E-state index contributed by atoms with van der Waals surface area (Å²) in [5, 5.41) is 0. The average molecular weight is 459 g/mol. The topological polar surface area (TPSA) is 9.23 Å². The molecule has 0 heterocycles. The van der Waals surface area contributed by atoms with Crippen LogP contribution in [0, 0.1) is 52.3 Å². The summed E-state index contributed by atoms with van der Waals surface area (Å²) in [5.74, 6) is 7.93. The van der Waals surface area contributed by atoms with E-state index in [0.717, 1.165) is 41.4 Å². The third-order valence-electron chi connectivity index (χ3n) is 10.9. The van der Waals surface area contributed by atoms with Gasteiger partial charge in [-0.2, -0.15) is 0 Å². The van der Waals surface area contributed by atoms with E-state index in [1.165, 1.54) is 76.4 Å². The standard InChI is InChI=1S/C30H54OSi/c1-21(2)10-9-11-22(3)26-14-15-27-25-13-12-23-20-24(31-32(6,7)8)16-18-29(23,4)28(25)17-19-30(26,27)5/h16,21-23,25-28H,9-15,17-20H2,1-8H3/t22-,23+,25+,26-,27+,28+,29+,30-/m1/s1. The molecule has 8 atom stereocenters. The fraction of sp³-hybridized carbons (Fsp3) is 0.933. The van der Waals surface area contributed by atoms with Crippen LogP contribution < -0.4 is 0 Å². The molecule has 0 spiro atoms. The first-order valence-electron chi connectivity index (χ1n) is 14.3. The molecule has 4 aliphatic rings. The van der Waals surface area contributed by atoms with E-state index >= 15 is 0 Å². The molecule has 0 aromatic rings. The van der Waals surface area contributed by atoms with E-state index in [2.05, 4.69) is 60.3 Å². The molecule has 0 aliphatic heterocycles. The molecule has 0 saturated heterocycles. The van der Waals surface area contributed by atoms with Crippen molar-refractivity contribution in [3.8, 4) is 0 Å². The van der Waals surface area contributed by atoms with Gasteiger partial charge in [0.15, 0.2) is 0 Å². The highest BCUT2D eigenvalue weighted by Crippen LogP contribution is 2.68. The minimum atomic E-state index is -1.49. The van der Waals surface area contributed by atoms with Crippen molar-refractivity contribution in [2.45, 2.75) is 125 Å². The molecule has 32 heavy (non-hydrogen) atoms. The summed E-state index contributed by atoms with van der Waals surface area (Å²) in [4.78, 5) is 0. The molecule has 1 nitrogen and oxygen atoms in total. The van der Waals surface area contributed by atoms with Gasteiger partial charge in [0, 0.05) is 6.42 Å². The van der Waals surface area contributed by atoms with Gasteiger partial charge in [0.05, 0.1) is 5.76 Å². The van der Waals surface area contributed by atoms with Crippen LogP contribution in [-0.4, -0.2) is 8.32 Å². The third-order valence-corrected chi connectivity index (χ3v) is 11.8. The van der Waals surface area contributed by atoms with Crippen molar-refractivity contribution in [2.75, 3.05) is 0 Å². The molecule has 0 bridgehead atoms. The lowest BCUT2D eigenvalue weighted by atomic mass is 9.45. The van der Waals surface area contributed by atoms with Crippen molar-refractivity contribution in [1.29, 1.82) is 0 Å². The molecular formula is C30H54OSi. The lowest BCUT2D eigenvalue weighted by molar-refractivity contribution is -0.104. The Morgan fingerprint density at radius 1 is 0.938 bits per heavy atom. The second-order valence-corrected chi connectivity index (χ2v) is 18.9. The first kappa shape index (κ1) is 24.9. The second-order valence-electron chi connectivity index (χ2n) is 14.5. The Bertz CT molecular complexity index is 689. The number of hydrogen-bond donors (Lipinski definition) is 0. The van der Waals surface area contributed by atoms with Crippen LogP contribution in [0.25, 0.3) is 0 Å². The number of hydrogen-bond acceptors (Lipinski definition) is 1. The number of allylic oxidation sites excluding steroid dienone is 2. The fourth-order valence-electron chi connectivity index (χ4n) is 9.35. The van der Waals surface area contributed by atoms with Crippen molar-refractivity contribution in [2.24, 2.45) is 52.3 Å². The molecule has 3 fully saturated rings. The Morgan fingerprint density at radius 3 is 2.34 bits per heavy atom. The minimum Gasteiger partial charge on any atom is -0.548 e. The molecule has 3 saturated carbocycles. The first-order valence-corrected chi connectivity index (χ1v) is 17.7. The Morgan fingerprint density at radius 2 is 1.66 bits per heavy atom. The highest BCUT2D eigenvalue weighted by atomic mass is 28.4. The van der Waals surface area contributed by atoms with Crippen LogP contribution in [0.1, 0.15) is 105 Å². The predicted octanol–water partition coefficient (Wildman–Crippen LogP) is 9.45. The maximum Gasteiger partial charge on any atom is 0.241 e. The molecular weight excluding hydrogens is 404 g/mol. The smallest absolute Gasteiger partial charge is 0.241 e. The van der Waals surface area contributed by atoms with Crippen molar-refractivity contribution in [3.05, 3.63) is 11.8 Å². The fourth-order valence-corrected chi connectivity index (χ4v) is 10.3. The molecule has 2 heteroatoms. The van der Waals surface area contributed by atoms with E-state index in [4.69, 9.17) is 4.43 Å². The number of fused-ring (bicyclic) bond motifs is 5. The van der Waals surface area contributed by atoms with E-state index in [1.807, 2.05) is 0 Å². The van der Waals surface area contributed by atoms with Gasteiger partial charge >= 0.3 is 0 Å².